The zero-order valence-electron chi connectivity index (χ0n) is 17.0. The maximum absolute atomic E-state index is 12.4. The Morgan fingerprint density at radius 1 is 1.23 bits per heavy atom. The average Bonchev–Trinajstić information content (AvgIpc) is 3.39. The van der Waals surface area contributed by atoms with Crippen LogP contribution in [0.4, 0.5) is 5.69 Å². The first kappa shape index (κ1) is 20.4. The molecule has 31 heavy (non-hydrogen) atoms. The summed E-state index contributed by atoms with van der Waals surface area (Å²) in [4.78, 5) is 16.8. The van der Waals surface area contributed by atoms with Crippen LogP contribution in [0.3, 0.4) is 0 Å². The van der Waals surface area contributed by atoms with Crippen molar-refractivity contribution >= 4 is 29.0 Å². The number of thiazole rings is 1. The number of amides is 1. The number of rotatable bonds is 7. The SMILES string of the molecule is Cc1nc(COc2cccc(/C=C/C(=O)Nc3cccc(-c4nnnn4C)c3)c2)cs1. The number of hydrogen-bond acceptors (Lipinski definition) is 7. The molecule has 4 rings (SSSR count). The van der Waals surface area contributed by atoms with Gasteiger partial charge in [-0.3, -0.25) is 4.79 Å². The third kappa shape index (κ3) is 5.40. The van der Waals surface area contributed by atoms with E-state index < -0.39 is 0 Å². The number of aryl methyl sites for hydroxylation is 2. The molecule has 156 valence electrons. The monoisotopic (exact) mass is 432 g/mol. The molecule has 0 fully saturated rings. The van der Waals surface area contributed by atoms with Gasteiger partial charge in [0.05, 0.1) is 10.7 Å². The minimum absolute atomic E-state index is 0.238. The Kier molecular flexibility index (Phi) is 6.13. The molecule has 8 nitrogen and oxygen atoms in total. The molecule has 0 atom stereocenters. The van der Waals surface area contributed by atoms with Gasteiger partial charge in [-0.2, -0.15) is 0 Å². The van der Waals surface area contributed by atoms with Gasteiger partial charge in [0.15, 0.2) is 5.82 Å². The van der Waals surface area contributed by atoms with Crippen LogP contribution in [0.2, 0.25) is 0 Å². The normalized spacial score (nSPS) is 11.0. The lowest BCUT2D eigenvalue weighted by molar-refractivity contribution is -0.111. The molecule has 9 heteroatoms. The summed E-state index contributed by atoms with van der Waals surface area (Å²) in [5.41, 5.74) is 3.24. The van der Waals surface area contributed by atoms with Crippen molar-refractivity contribution in [2.75, 3.05) is 5.32 Å². The second kappa shape index (κ2) is 9.31. The van der Waals surface area contributed by atoms with Crippen LogP contribution in [-0.4, -0.2) is 31.1 Å². The predicted octanol–water partition coefficient (Wildman–Crippen LogP) is 3.87. The number of nitrogens with zero attached hydrogens (tertiary/aromatic N) is 5. The van der Waals surface area contributed by atoms with Gasteiger partial charge < -0.3 is 10.1 Å². The topological polar surface area (TPSA) is 94.8 Å². The van der Waals surface area contributed by atoms with Crippen molar-refractivity contribution in [3.63, 3.8) is 0 Å². The zero-order valence-corrected chi connectivity index (χ0v) is 17.8. The highest BCUT2D eigenvalue weighted by atomic mass is 32.1. The summed E-state index contributed by atoms with van der Waals surface area (Å²) in [6.07, 6.45) is 3.23. The molecule has 0 unspecified atom stereocenters. The summed E-state index contributed by atoms with van der Waals surface area (Å²) >= 11 is 1.60. The van der Waals surface area contributed by atoms with Gasteiger partial charge in [0.25, 0.3) is 0 Å². The smallest absolute Gasteiger partial charge is 0.248 e. The lowest BCUT2D eigenvalue weighted by Crippen LogP contribution is -2.07. The van der Waals surface area contributed by atoms with Crippen molar-refractivity contribution in [3.05, 3.63) is 76.3 Å². The second-order valence-corrected chi connectivity index (χ2v) is 7.81. The first-order valence-corrected chi connectivity index (χ1v) is 10.4. The largest absolute Gasteiger partial charge is 0.487 e. The minimum Gasteiger partial charge on any atom is -0.487 e. The summed E-state index contributed by atoms with van der Waals surface area (Å²) in [5, 5.41) is 17.3. The summed E-state index contributed by atoms with van der Waals surface area (Å²) in [6.45, 7) is 2.38. The molecule has 0 aliphatic rings. The fourth-order valence-corrected chi connectivity index (χ4v) is 3.50. The van der Waals surface area contributed by atoms with E-state index in [0.717, 1.165) is 27.6 Å². The highest BCUT2D eigenvalue weighted by Gasteiger charge is 2.07. The van der Waals surface area contributed by atoms with E-state index in [1.807, 2.05) is 60.8 Å². The summed E-state index contributed by atoms with van der Waals surface area (Å²) in [7, 11) is 1.76. The van der Waals surface area contributed by atoms with Gasteiger partial charge >= 0.3 is 0 Å². The molecule has 0 saturated heterocycles. The summed E-state index contributed by atoms with van der Waals surface area (Å²) in [5.74, 6) is 1.10. The Morgan fingerprint density at radius 2 is 2.10 bits per heavy atom. The number of anilines is 1. The quantitative estimate of drug-likeness (QED) is 0.446. The van der Waals surface area contributed by atoms with E-state index in [4.69, 9.17) is 4.74 Å². The number of tetrazole rings is 1. The number of carbonyl (C=O) groups excluding carboxylic acids is 1. The standard InChI is InChI=1S/C22H20N6O2S/c1-15-23-19(14-31-15)13-30-20-8-3-5-16(11-20)9-10-21(29)24-18-7-4-6-17(12-18)22-25-26-27-28(22)2/h3-12,14H,13H2,1-2H3,(H,24,29)/b10-9+. The van der Waals surface area contributed by atoms with Gasteiger partial charge in [0.1, 0.15) is 12.4 Å². The summed E-state index contributed by atoms with van der Waals surface area (Å²) in [6, 6.07) is 14.9. The molecule has 0 saturated carbocycles. The molecular weight excluding hydrogens is 412 g/mol. The Hall–Kier alpha value is -3.85. The number of nitrogens with one attached hydrogen (secondary N) is 1. The Morgan fingerprint density at radius 3 is 2.87 bits per heavy atom. The highest BCUT2D eigenvalue weighted by Crippen LogP contribution is 2.20. The van der Waals surface area contributed by atoms with E-state index in [9.17, 15) is 4.79 Å². The van der Waals surface area contributed by atoms with Gasteiger partial charge in [-0.1, -0.05) is 24.3 Å². The maximum atomic E-state index is 12.4. The van der Waals surface area contributed by atoms with Gasteiger partial charge in [0.2, 0.25) is 5.91 Å². The molecule has 0 aliphatic carbocycles. The minimum atomic E-state index is -0.238. The highest BCUT2D eigenvalue weighted by molar-refractivity contribution is 7.09. The first-order valence-electron chi connectivity index (χ1n) is 9.52. The number of hydrogen-bond donors (Lipinski definition) is 1. The fourth-order valence-electron chi connectivity index (χ4n) is 2.91. The number of aromatic nitrogens is 5. The van der Waals surface area contributed by atoms with Crippen LogP contribution in [0.1, 0.15) is 16.3 Å². The van der Waals surface area contributed by atoms with E-state index in [-0.39, 0.29) is 5.91 Å². The van der Waals surface area contributed by atoms with E-state index in [1.54, 1.807) is 29.1 Å². The molecule has 4 aromatic rings. The van der Waals surface area contributed by atoms with E-state index in [0.29, 0.717) is 18.1 Å². The van der Waals surface area contributed by atoms with Crippen molar-refractivity contribution < 1.29 is 9.53 Å². The second-order valence-electron chi connectivity index (χ2n) is 6.75. The van der Waals surface area contributed by atoms with Gasteiger partial charge in [-0.25, -0.2) is 9.67 Å². The molecule has 0 aliphatic heterocycles. The Balaban J connectivity index is 1.37. The van der Waals surface area contributed by atoms with Crippen LogP contribution in [0.25, 0.3) is 17.5 Å². The van der Waals surface area contributed by atoms with Crippen LogP contribution < -0.4 is 10.1 Å². The summed E-state index contributed by atoms with van der Waals surface area (Å²) < 4.78 is 7.37. The number of benzene rings is 2. The van der Waals surface area contributed by atoms with Crippen molar-refractivity contribution in [1.82, 2.24) is 25.2 Å². The molecule has 0 spiro atoms. The maximum Gasteiger partial charge on any atom is 0.248 e. The molecular formula is C22H20N6O2S. The number of ether oxygens (including phenoxy) is 1. The first-order chi connectivity index (χ1) is 15.1. The van der Waals surface area contributed by atoms with Crippen LogP contribution in [0.15, 0.2) is 60.0 Å². The van der Waals surface area contributed by atoms with Crippen molar-refractivity contribution in [2.24, 2.45) is 7.05 Å². The Labute approximate surface area is 183 Å². The molecule has 0 radical (unpaired) electrons. The zero-order chi connectivity index (χ0) is 21.6. The predicted molar refractivity (Wildman–Crippen MR) is 120 cm³/mol. The van der Waals surface area contributed by atoms with Crippen molar-refractivity contribution in [1.29, 1.82) is 0 Å². The third-order valence-electron chi connectivity index (χ3n) is 4.35. The van der Waals surface area contributed by atoms with Crippen molar-refractivity contribution in [2.45, 2.75) is 13.5 Å². The molecule has 1 N–H and O–H groups in total. The van der Waals surface area contributed by atoms with Gasteiger partial charge in [-0.05, 0) is 53.3 Å². The van der Waals surface area contributed by atoms with Crippen LogP contribution in [0.5, 0.6) is 5.75 Å². The van der Waals surface area contributed by atoms with E-state index in [2.05, 4.69) is 25.8 Å². The molecule has 1 amide bonds. The lowest BCUT2D eigenvalue weighted by Gasteiger charge is -2.06. The van der Waals surface area contributed by atoms with E-state index in [1.165, 1.54) is 6.08 Å². The van der Waals surface area contributed by atoms with Crippen LogP contribution in [-0.2, 0) is 18.4 Å². The number of carbonyl (C=O) groups is 1. The molecule has 0 bridgehead atoms. The lowest BCUT2D eigenvalue weighted by atomic mass is 10.2. The molecule has 2 heterocycles. The molecule has 2 aromatic carbocycles. The third-order valence-corrected chi connectivity index (χ3v) is 5.17. The van der Waals surface area contributed by atoms with Gasteiger partial charge in [0, 0.05) is 29.8 Å². The van der Waals surface area contributed by atoms with E-state index >= 15 is 0 Å². The molecule has 2 aromatic heterocycles. The van der Waals surface area contributed by atoms with Gasteiger partial charge in [-0.15, -0.1) is 16.4 Å². The fraction of sp³-hybridized carbons (Fsp3) is 0.136. The van der Waals surface area contributed by atoms with Crippen molar-refractivity contribution in [3.8, 4) is 17.1 Å². The Bertz CT molecular complexity index is 1230. The average molecular weight is 433 g/mol. The van der Waals surface area contributed by atoms with Crippen LogP contribution >= 0.6 is 11.3 Å². The van der Waals surface area contributed by atoms with Crippen LogP contribution in [0, 0.1) is 6.92 Å².